The molecule has 2 saturated heterocycles. The summed E-state index contributed by atoms with van der Waals surface area (Å²) < 4.78 is 39.0. The van der Waals surface area contributed by atoms with Crippen molar-refractivity contribution >= 4 is 42.4 Å². The smallest absolute Gasteiger partial charge is 0.469 e. The first kappa shape index (κ1) is 38.0. The third kappa shape index (κ3) is 8.51. The molecule has 2 aromatic heterocycles. The second kappa shape index (κ2) is 15.8. The molecule has 4 heterocycles. The number of phosphoric acid groups is 1. The van der Waals surface area contributed by atoms with E-state index in [0.29, 0.717) is 33.7 Å². The van der Waals surface area contributed by atoms with Crippen molar-refractivity contribution in [3.05, 3.63) is 112 Å². The van der Waals surface area contributed by atoms with Crippen molar-refractivity contribution in [2.24, 2.45) is 0 Å². The molecule has 0 saturated carbocycles. The molecule has 7 rings (SSSR count). The summed E-state index contributed by atoms with van der Waals surface area (Å²) in [6, 6.07) is 20.1. The predicted molar refractivity (Wildman–Crippen MR) is 200 cm³/mol. The lowest BCUT2D eigenvalue weighted by Crippen LogP contribution is -2.46. The Balaban J connectivity index is 0.913. The zero-order chi connectivity index (χ0) is 38.0. The largest absolute Gasteiger partial charge is 0.491 e. The normalized spacial score (nSPS) is 20.3. The summed E-state index contributed by atoms with van der Waals surface area (Å²) in [6.45, 7) is 7.13. The van der Waals surface area contributed by atoms with Gasteiger partial charge in [0.25, 0.3) is 0 Å². The van der Waals surface area contributed by atoms with E-state index in [1.807, 2.05) is 48.5 Å². The number of anilines is 2. The summed E-state index contributed by atoms with van der Waals surface area (Å²) in [5.41, 5.74) is 2.94. The van der Waals surface area contributed by atoms with Crippen LogP contribution >= 0.6 is 31.0 Å². The Morgan fingerprint density at radius 3 is 2.19 bits per heavy atom. The standard InChI is InChI=1S/C35H39Cl2N8O8P/c1-24(25(2)53-54(47,48)49)45-34(46)44(23-40-45)29-6-4-27(5-7-29)41-13-15-42(16-14-41)28-8-10-30(11-9-28)50-18-31-19-51-35(52-31,20-43-22-38-21-39-43)32-12-3-26(36)17-33(32)37/h3-12,17,21-25,31H,13-16,18-20H2,1-2H3,(H2,47,48,49)/t24-,25+,31-,35-/m0/s1. The van der Waals surface area contributed by atoms with Crippen LogP contribution in [-0.2, 0) is 30.9 Å². The Bertz CT molecular complexity index is 2140. The lowest BCUT2D eigenvalue weighted by atomic mass is 10.1. The van der Waals surface area contributed by atoms with E-state index in [-0.39, 0.29) is 19.3 Å². The maximum absolute atomic E-state index is 13.1. The average Bonchev–Trinajstić information content (AvgIpc) is 3.91. The predicted octanol–water partition coefficient (Wildman–Crippen LogP) is 4.67. The van der Waals surface area contributed by atoms with E-state index in [2.05, 4.69) is 25.0 Å². The Kier molecular flexibility index (Phi) is 11.2. The molecule has 0 amide bonds. The topological polar surface area (TPSA) is 171 Å². The van der Waals surface area contributed by atoms with Gasteiger partial charge in [-0.05, 0) is 74.5 Å². The minimum atomic E-state index is -4.71. The van der Waals surface area contributed by atoms with Gasteiger partial charge in [0.2, 0.25) is 5.79 Å². The molecular weight excluding hydrogens is 762 g/mol. The number of hydrogen-bond acceptors (Lipinski definition) is 11. The molecule has 0 aliphatic carbocycles. The first-order chi connectivity index (χ1) is 25.9. The van der Waals surface area contributed by atoms with Crippen LogP contribution in [0.1, 0.15) is 25.5 Å². The van der Waals surface area contributed by atoms with Crippen LogP contribution in [0.3, 0.4) is 0 Å². The zero-order valence-corrected chi connectivity index (χ0v) is 31.8. The van der Waals surface area contributed by atoms with Crippen molar-refractivity contribution < 1.29 is 33.1 Å². The van der Waals surface area contributed by atoms with Gasteiger partial charge in [0.15, 0.2) is 0 Å². The van der Waals surface area contributed by atoms with E-state index in [1.165, 1.54) is 24.1 Å². The number of aromatic nitrogens is 6. The summed E-state index contributed by atoms with van der Waals surface area (Å²) >= 11 is 12.7. The Labute approximate surface area is 320 Å². The number of piperazine rings is 1. The second-order valence-electron chi connectivity index (χ2n) is 13.1. The van der Waals surface area contributed by atoms with Crippen molar-refractivity contribution in [1.82, 2.24) is 29.1 Å². The monoisotopic (exact) mass is 800 g/mol. The third-order valence-corrected chi connectivity index (χ3v) is 10.7. The number of nitrogens with zero attached hydrogens (tertiary/aromatic N) is 8. The van der Waals surface area contributed by atoms with Crippen LogP contribution in [0.5, 0.6) is 5.75 Å². The van der Waals surface area contributed by atoms with Crippen molar-refractivity contribution in [3.8, 4) is 11.4 Å². The first-order valence-corrected chi connectivity index (χ1v) is 19.5. The molecule has 16 nitrogen and oxygen atoms in total. The Hall–Kier alpha value is -4.25. The highest BCUT2D eigenvalue weighted by molar-refractivity contribution is 7.46. The molecule has 2 N–H and O–H groups in total. The van der Waals surface area contributed by atoms with Crippen molar-refractivity contribution in [1.29, 1.82) is 0 Å². The number of rotatable bonds is 13. The van der Waals surface area contributed by atoms with E-state index in [9.17, 15) is 9.36 Å². The molecule has 54 heavy (non-hydrogen) atoms. The van der Waals surface area contributed by atoms with E-state index in [0.717, 1.165) is 42.2 Å². The van der Waals surface area contributed by atoms with Gasteiger partial charge >= 0.3 is 13.5 Å². The molecule has 3 aromatic carbocycles. The highest BCUT2D eigenvalue weighted by Gasteiger charge is 2.45. The molecule has 2 aliphatic rings. The molecule has 4 atom stereocenters. The van der Waals surface area contributed by atoms with E-state index in [1.54, 1.807) is 36.1 Å². The second-order valence-corrected chi connectivity index (χ2v) is 15.1. The molecule has 19 heteroatoms. The summed E-state index contributed by atoms with van der Waals surface area (Å²) in [7, 11) is -4.71. The third-order valence-electron chi connectivity index (χ3n) is 9.51. The fourth-order valence-corrected chi connectivity index (χ4v) is 7.71. The summed E-state index contributed by atoms with van der Waals surface area (Å²) in [5.74, 6) is -0.475. The van der Waals surface area contributed by atoms with Gasteiger partial charge in [-0.1, -0.05) is 29.3 Å². The van der Waals surface area contributed by atoms with Crippen LogP contribution in [0.4, 0.5) is 11.4 Å². The lowest BCUT2D eigenvalue weighted by Gasteiger charge is -2.37. The number of benzene rings is 3. The van der Waals surface area contributed by atoms with Crippen molar-refractivity contribution in [3.63, 3.8) is 0 Å². The van der Waals surface area contributed by atoms with Crippen molar-refractivity contribution in [2.75, 3.05) is 49.2 Å². The van der Waals surface area contributed by atoms with Gasteiger partial charge in [-0.25, -0.2) is 28.3 Å². The number of hydrogen-bond donors (Lipinski definition) is 2. The fraction of sp³-hybridized carbons (Fsp3) is 0.371. The van der Waals surface area contributed by atoms with Gasteiger partial charge < -0.3 is 33.8 Å². The van der Waals surface area contributed by atoms with Gasteiger partial charge in [-0.3, -0.25) is 4.52 Å². The van der Waals surface area contributed by atoms with Gasteiger partial charge in [0.1, 0.15) is 44.0 Å². The summed E-state index contributed by atoms with van der Waals surface area (Å²) in [4.78, 5) is 40.0. The maximum atomic E-state index is 13.1. The fourth-order valence-electron chi connectivity index (χ4n) is 6.55. The zero-order valence-electron chi connectivity index (χ0n) is 29.4. The van der Waals surface area contributed by atoms with Gasteiger partial charge in [-0.2, -0.15) is 10.2 Å². The van der Waals surface area contributed by atoms with E-state index < -0.39 is 31.4 Å². The molecule has 2 aliphatic heterocycles. The van der Waals surface area contributed by atoms with Crippen LogP contribution < -0.4 is 20.2 Å². The number of halogens is 2. The van der Waals surface area contributed by atoms with Gasteiger partial charge in [-0.15, -0.1) is 0 Å². The van der Waals surface area contributed by atoms with Crippen molar-refractivity contribution in [2.45, 2.75) is 44.4 Å². The minimum absolute atomic E-state index is 0.245. The quantitative estimate of drug-likeness (QED) is 0.158. The summed E-state index contributed by atoms with van der Waals surface area (Å²) in [5, 5.41) is 9.30. The van der Waals surface area contributed by atoms with Crippen LogP contribution in [0.25, 0.3) is 5.69 Å². The Morgan fingerprint density at radius 1 is 0.926 bits per heavy atom. The molecule has 286 valence electrons. The van der Waals surface area contributed by atoms with Crippen LogP contribution in [0.15, 0.2) is 90.5 Å². The Morgan fingerprint density at radius 2 is 1.57 bits per heavy atom. The molecule has 0 radical (unpaired) electrons. The van der Waals surface area contributed by atoms with Crippen LogP contribution in [0.2, 0.25) is 10.0 Å². The molecule has 0 bridgehead atoms. The first-order valence-electron chi connectivity index (χ1n) is 17.2. The molecular formula is C35H39Cl2N8O8P. The molecule has 0 unspecified atom stereocenters. The summed E-state index contributed by atoms with van der Waals surface area (Å²) in [6.07, 6.45) is 3.12. The molecule has 2 fully saturated rings. The maximum Gasteiger partial charge on any atom is 0.469 e. The molecule has 5 aromatic rings. The minimum Gasteiger partial charge on any atom is -0.491 e. The van der Waals surface area contributed by atoms with Crippen LogP contribution in [-0.4, -0.2) is 90.5 Å². The van der Waals surface area contributed by atoms with Gasteiger partial charge in [0.05, 0.1) is 29.5 Å². The molecule has 0 spiro atoms. The lowest BCUT2D eigenvalue weighted by molar-refractivity contribution is -0.190. The van der Waals surface area contributed by atoms with E-state index >= 15 is 0 Å². The SMILES string of the molecule is C[C@@H](OP(=O)(O)O)[C@H](C)n1ncn(-c2ccc(N3CCN(c4ccc(OC[C@H]5CO[C@](Cn6cncn6)(c6ccc(Cl)cc6Cl)O5)cc4)CC3)cc2)c1=O. The van der Waals surface area contributed by atoms with Gasteiger partial charge in [0, 0.05) is 48.1 Å². The highest BCUT2D eigenvalue weighted by atomic mass is 35.5. The van der Waals surface area contributed by atoms with Crippen LogP contribution in [0, 0.1) is 0 Å². The number of ether oxygens (including phenoxy) is 3. The number of phosphoric ester groups is 1. The highest BCUT2D eigenvalue weighted by Crippen LogP contribution is 2.41. The van der Waals surface area contributed by atoms with E-state index in [4.69, 9.17) is 51.7 Å². The average molecular weight is 802 g/mol.